The molecule has 0 aliphatic rings. The Morgan fingerprint density at radius 3 is 2.24 bits per heavy atom. The lowest BCUT2D eigenvalue weighted by atomic mass is 10.1. The largest absolute Gasteiger partial charge is 0.484 e. The van der Waals surface area contributed by atoms with Crippen molar-refractivity contribution >= 4 is 56.9 Å². The van der Waals surface area contributed by atoms with Gasteiger partial charge in [0.15, 0.2) is 6.61 Å². The van der Waals surface area contributed by atoms with Gasteiger partial charge in [0.2, 0.25) is 15.9 Å². The van der Waals surface area contributed by atoms with E-state index in [0.29, 0.717) is 34.1 Å². The number of nitrogens with one attached hydrogen (secondary N) is 3. The van der Waals surface area contributed by atoms with Crippen molar-refractivity contribution in [2.45, 2.75) is 18.2 Å². The number of hydrazone groups is 1. The number of hydrogen-bond donors (Lipinski definition) is 3. The van der Waals surface area contributed by atoms with E-state index in [0.717, 1.165) is 9.87 Å². The lowest BCUT2D eigenvalue weighted by Gasteiger charge is -2.21. The van der Waals surface area contributed by atoms with Gasteiger partial charge in [-0.25, -0.2) is 13.8 Å². The first kappa shape index (κ1) is 33.8. The molecule has 0 bridgehead atoms. The van der Waals surface area contributed by atoms with Crippen LogP contribution in [0.4, 0.5) is 11.4 Å². The maximum Gasteiger partial charge on any atom is 0.262 e. The fraction of sp³-hybridized carbons (Fsp3) is 0.152. The Kier molecular flexibility index (Phi) is 12.0. The van der Waals surface area contributed by atoms with Gasteiger partial charge in [-0.3, -0.25) is 14.4 Å². The predicted octanol–water partition coefficient (Wildman–Crippen LogP) is 4.70. The number of amides is 3. The molecule has 0 unspecified atom stereocenters. The van der Waals surface area contributed by atoms with Crippen LogP contribution in [-0.4, -0.2) is 56.4 Å². The summed E-state index contributed by atoms with van der Waals surface area (Å²) in [6.45, 7) is 0.729. The summed E-state index contributed by atoms with van der Waals surface area (Å²) in [4.78, 5) is 36.3. The van der Waals surface area contributed by atoms with E-state index < -0.39 is 22.5 Å². The Labute approximate surface area is 272 Å². The standard InChI is InChI=1S/C33H32ClN5O6S/c1-24(40)36-28-12-16-31(17-13-28)46(43,44)39(19-18-25-6-3-2-4-7-25)22-32(41)38-35-21-26-10-14-30(15-11-26)45-23-33(42)37-29-9-5-8-27(34)20-29/h2-17,20-21H,18-19,22-23H2,1H3,(H,36,40)(H,37,42)(H,38,41)/b35-21+. The summed E-state index contributed by atoms with van der Waals surface area (Å²) in [6, 6.07) is 28.5. The van der Waals surface area contributed by atoms with Gasteiger partial charge >= 0.3 is 0 Å². The Hall–Kier alpha value is -5.04. The number of halogens is 1. The summed E-state index contributed by atoms with van der Waals surface area (Å²) >= 11 is 5.93. The number of ether oxygens (including phenoxy) is 1. The van der Waals surface area contributed by atoms with E-state index in [1.54, 1.807) is 48.5 Å². The summed E-state index contributed by atoms with van der Waals surface area (Å²) < 4.78 is 33.7. The van der Waals surface area contributed by atoms with E-state index >= 15 is 0 Å². The molecule has 0 aliphatic carbocycles. The fourth-order valence-corrected chi connectivity index (χ4v) is 5.77. The molecule has 0 heterocycles. The van der Waals surface area contributed by atoms with Crippen molar-refractivity contribution in [3.8, 4) is 5.75 Å². The topological polar surface area (TPSA) is 146 Å². The van der Waals surface area contributed by atoms with Crippen LogP contribution in [0, 0.1) is 0 Å². The van der Waals surface area contributed by atoms with Crippen LogP contribution >= 0.6 is 11.6 Å². The number of carbonyl (C=O) groups excluding carboxylic acids is 3. The highest BCUT2D eigenvalue weighted by Gasteiger charge is 2.26. The number of anilines is 2. The van der Waals surface area contributed by atoms with E-state index in [4.69, 9.17) is 16.3 Å². The van der Waals surface area contributed by atoms with Gasteiger partial charge < -0.3 is 15.4 Å². The van der Waals surface area contributed by atoms with Crippen LogP contribution in [0.15, 0.2) is 113 Å². The van der Waals surface area contributed by atoms with E-state index in [-0.39, 0.29) is 29.9 Å². The third-order valence-corrected chi connectivity index (χ3v) is 8.48. The van der Waals surface area contributed by atoms with Gasteiger partial charge in [0, 0.05) is 29.9 Å². The van der Waals surface area contributed by atoms with Gasteiger partial charge in [0.25, 0.3) is 11.8 Å². The normalized spacial score (nSPS) is 11.3. The summed E-state index contributed by atoms with van der Waals surface area (Å²) in [7, 11) is -4.07. The number of hydrogen-bond acceptors (Lipinski definition) is 7. The quantitative estimate of drug-likeness (QED) is 0.132. The summed E-state index contributed by atoms with van der Waals surface area (Å²) in [5.41, 5.74) is 4.93. The van der Waals surface area contributed by atoms with Crippen molar-refractivity contribution in [1.29, 1.82) is 0 Å². The molecule has 46 heavy (non-hydrogen) atoms. The second kappa shape index (κ2) is 16.3. The molecule has 0 saturated heterocycles. The van der Waals surface area contributed by atoms with Crippen molar-refractivity contribution < 1.29 is 27.5 Å². The van der Waals surface area contributed by atoms with Crippen LogP contribution < -0.4 is 20.8 Å². The van der Waals surface area contributed by atoms with Crippen LogP contribution in [0.5, 0.6) is 5.75 Å². The molecule has 3 N–H and O–H groups in total. The number of carbonyl (C=O) groups is 3. The lowest BCUT2D eigenvalue weighted by molar-refractivity contribution is -0.121. The molecule has 0 saturated carbocycles. The average Bonchev–Trinajstić information content (AvgIpc) is 3.03. The molecule has 0 atom stereocenters. The molecule has 0 aliphatic heterocycles. The molecule has 238 valence electrons. The van der Waals surface area contributed by atoms with Crippen molar-refractivity contribution in [2.75, 3.05) is 30.3 Å². The maximum absolute atomic E-state index is 13.5. The number of nitrogens with zero attached hydrogens (tertiary/aromatic N) is 2. The fourth-order valence-electron chi connectivity index (χ4n) is 4.18. The molecule has 11 nitrogen and oxygen atoms in total. The monoisotopic (exact) mass is 661 g/mol. The molecule has 4 rings (SSSR count). The highest BCUT2D eigenvalue weighted by molar-refractivity contribution is 7.89. The second-order valence-electron chi connectivity index (χ2n) is 9.99. The van der Waals surface area contributed by atoms with E-state index in [2.05, 4.69) is 21.2 Å². The van der Waals surface area contributed by atoms with Gasteiger partial charge in [0.05, 0.1) is 17.7 Å². The van der Waals surface area contributed by atoms with E-state index in [9.17, 15) is 22.8 Å². The van der Waals surface area contributed by atoms with Crippen LogP contribution in [0.1, 0.15) is 18.1 Å². The Balaban J connectivity index is 1.33. The third kappa shape index (κ3) is 10.5. The summed E-state index contributed by atoms with van der Waals surface area (Å²) in [5.74, 6) is -0.811. The second-order valence-corrected chi connectivity index (χ2v) is 12.4. The van der Waals surface area contributed by atoms with Crippen LogP contribution in [0.25, 0.3) is 0 Å². The predicted molar refractivity (Wildman–Crippen MR) is 177 cm³/mol. The van der Waals surface area contributed by atoms with E-state index in [1.807, 2.05) is 30.3 Å². The van der Waals surface area contributed by atoms with Crippen molar-refractivity contribution in [1.82, 2.24) is 9.73 Å². The molecule has 4 aromatic carbocycles. The lowest BCUT2D eigenvalue weighted by Crippen LogP contribution is -2.40. The summed E-state index contributed by atoms with van der Waals surface area (Å²) in [6.07, 6.45) is 1.79. The minimum Gasteiger partial charge on any atom is -0.484 e. The zero-order valence-electron chi connectivity index (χ0n) is 24.9. The molecule has 0 aromatic heterocycles. The molecular weight excluding hydrogens is 630 g/mol. The molecule has 4 aromatic rings. The van der Waals surface area contributed by atoms with Crippen molar-refractivity contribution in [2.24, 2.45) is 5.10 Å². The first-order valence-electron chi connectivity index (χ1n) is 14.1. The third-order valence-electron chi connectivity index (χ3n) is 6.39. The number of sulfonamides is 1. The molecule has 0 spiro atoms. The Bertz CT molecular complexity index is 1780. The average molecular weight is 662 g/mol. The Morgan fingerprint density at radius 1 is 0.848 bits per heavy atom. The molecule has 0 fully saturated rings. The first-order chi connectivity index (χ1) is 22.1. The van der Waals surface area contributed by atoms with Crippen molar-refractivity contribution in [3.05, 3.63) is 119 Å². The minimum atomic E-state index is -4.07. The SMILES string of the molecule is CC(=O)Nc1ccc(S(=O)(=O)N(CCc2ccccc2)CC(=O)N/N=C/c2ccc(OCC(=O)Nc3cccc(Cl)c3)cc2)cc1. The minimum absolute atomic E-state index is 0.0183. The molecule has 3 amide bonds. The Morgan fingerprint density at radius 2 is 1.57 bits per heavy atom. The van der Waals surface area contributed by atoms with Gasteiger partial charge in [-0.1, -0.05) is 48.0 Å². The van der Waals surface area contributed by atoms with Gasteiger partial charge in [-0.2, -0.15) is 9.41 Å². The van der Waals surface area contributed by atoms with Gasteiger partial charge in [-0.15, -0.1) is 0 Å². The van der Waals surface area contributed by atoms with Crippen molar-refractivity contribution in [3.63, 3.8) is 0 Å². The summed E-state index contributed by atoms with van der Waals surface area (Å²) in [5, 5.41) is 9.76. The number of rotatable bonds is 14. The highest BCUT2D eigenvalue weighted by atomic mass is 35.5. The first-order valence-corrected chi connectivity index (χ1v) is 15.9. The van der Waals surface area contributed by atoms with Gasteiger partial charge in [0.1, 0.15) is 5.75 Å². The van der Waals surface area contributed by atoms with E-state index in [1.165, 1.54) is 37.4 Å². The smallest absolute Gasteiger partial charge is 0.262 e. The van der Waals surface area contributed by atoms with Crippen LogP contribution in [0.2, 0.25) is 5.02 Å². The van der Waals surface area contributed by atoms with Crippen LogP contribution in [0.3, 0.4) is 0 Å². The van der Waals surface area contributed by atoms with Crippen LogP contribution in [-0.2, 0) is 30.8 Å². The van der Waals surface area contributed by atoms with Gasteiger partial charge in [-0.05, 0) is 84.3 Å². The molecule has 0 radical (unpaired) electrons. The number of benzene rings is 4. The zero-order chi connectivity index (χ0) is 32.9. The highest BCUT2D eigenvalue weighted by Crippen LogP contribution is 2.20. The molecular formula is C33H32ClN5O6S. The zero-order valence-corrected chi connectivity index (χ0v) is 26.4. The maximum atomic E-state index is 13.5. The molecule has 13 heteroatoms.